The minimum absolute atomic E-state index is 0.597. The molecule has 0 amide bonds. The van der Waals surface area contributed by atoms with Crippen LogP contribution in [0.5, 0.6) is 0 Å². The van der Waals surface area contributed by atoms with E-state index in [9.17, 15) is 0 Å². The second-order valence-corrected chi connectivity index (χ2v) is 10.1. The normalized spacial score (nSPS) is 20.5. The highest BCUT2D eigenvalue weighted by Crippen LogP contribution is 2.30. The summed E-state index contributed by atoms with van der Waals surface area (Å²) in [5.41, 5.74) is 8.73. The molecule has 170 valence electrons. The smallest absolute Gasteiger partial charge is 0.0342 e. The van der Waals surface area contributed by atoms with Crippen molar-refractivity contribution in [3.8, 4) is 0 Å². The van der Waals surface area contributed by atoms with Gasteiger partial charge in [0.05, 0.1) is 0 Å². The van der Waals surface area contributed by atoms with Gasteiger partial charge >= 0.3 is 0 Å². The number of allylic oxidation sites excluding steroid dienone is 2. The lowest BCUT2D eigenvalue weighted by Crippen LogP contribution is -2.30. The minimum Gasteiger partial charge on any atom is -0.382 e. The van der Waals surface area contributed by atoms with Crippen LogP contribution in [0.25, 0.3) is 11.6 Å². The number of benzene rings is 3. The first-order valence-corrected chi connectivity index (χ1v) is 12.4. The summed E-state index contributed by atoms with van der Waals surface area (Å²) in [5, 5.41) is 3.76. The summed E-state index contributed by atoms with van der Waals surface area (Å²) in [6.07, 6.45) is 10.5. The van der Waals surface area contributed by atoms with Crippen molar-refractivity contribution in [3.63, 3.8) is 0 Å². The van der Waals surface area contributed by atoms with Crippen molar-refractivity contribution in [2.24, 2.45) is 11.8 Å². The van der Waals surface area contributed by atoms with Crippen molar-refractivity contribution in [1.82, 2.24) is 0 Å². The Morgan fingerprint density at radius 1 is 0.697 bits per heavy atom. The van der Waals surface area contributed by atoms with Crippen molar-refractivity contribution in [3.05, 3.63) is 113 Å². The third kappa shape index (κ3) is 6.48. The van der Waals surface area contributed by atoms with Gasteiger partial charge in [-0.1, -0.05) is 104 Å². The molecular formula is C32H37N. The molecule has 0 spiro atoms. The largest absolute Gasteiger partial charge is 0.382 e. The van der Waals surface area contributed by atoms with E-state index in [0.717, 1.165) is 11.8 Å². The molecular weight excluding hydrogens is 398 g/mol. The van der Waals surface area contributed by atoms with Crippen LogP contribution in [-0.4, -0.2) is 6.04 Å². The Morgan fingerprint density at radius 2 is 1.21 bits per heavy atom. The Bertz CT molecular complexity index is 1030. The molecule has 0 bridgehead atoms. The average molecular weight is 436 g/mol. The molecule has 1 heteroatoms. The van der Waals surface area contributed by atoms with E-state index in [1.165, 1.54) is 58.3 Å². The highest BCUT2D eigenvalue weighted by Gasteiger charge is 2.23. The standard InChI is InChI=1S/C32H37N/c1-23-8-14-28(15-9-23)32(29-16-10-24(2)11-17-29)7-5-6-27-12-18-30(19-13-27)33-31-21-25(3)20-26(4)22-31/h5-19,25-26,31,33H,20-22H2,1-4H3. The Morgan fingerprint density at radius 3 is 1.73 bits per heavy atom. The van der Waals surface area contributed by atoms with Crippen molar-refractivity contribution < 1.29 is 0 Å². The summed E-state index contributed by atoms with van der Waals surface area (Å²) in [6.45, 7) is 9.03. The van der Waals surface area contributed by atoms with E-state index < -0.39 is 0 Å². The fourth-order valence-corrected chi connectivity index (χ4v) is 5.07. The summed E-state index contributed by atoms with van der Waals surface area (Å²) >= 11 is 0. The molecule has 0 radical (unpaired) electrons. The predicted molar refractivity (Wildman–Crippen MR) is 145 cm³/mol. The molecule has 1 aliphatic carbocycles. The maximum atomic E-state index is 3.76. The van der Waals surface area contributed by atoms with Crippen molar-refractivity contribution in [2.75, 3.05) is 5.32 Å². The summed E-state index contributed by atoms with van der Waals surface area (Å²) in [5.74, 6) is 1.63. The number of anilines is 1. The Balaban J connectivity index is 1.49. The molecule has 3 aromatic carbocycles. The minimum atomic E-state index is 0.597. The fraction of sp³-hybridized carbons (Fsp3) is 0.312. The molecule has 1 saturated carbocycles. The molecule has 0 aliphatic heterocycles. The van der Waals surface area contributed by atoms with Gasteiger partial charge in [-0.25, -0.2) is 0 Å². The first-order valence-electron chi connectivity index (χ1n) is 12.4. The van der Waals surface area contributed by atoms with Crippen LogP contribution in [0.1, 0.15) is 60.9 Å². The molecule has 0 aromatic heterocycles. The van der Waals surface area contributed by atoms with Gasteiger partial charge in [-0.05, 0) is 79.3 Å². The van der Waals surface area contributed by atoms with Crippen molar-refractivity contribution in [1.29, 1.82) is 0 Å². The van der Waals surface area contributed by atoms with Crippen LogP contribution >= 0.6 is 0 Å². The van der Waals surface area contributed by atoms with E-state index in [2.05, 4.69) is 124 Å². The van der Waals surface area contributed by atoms with E-state index >= 15 is 0 Å². The van der Waals surface area contributed by atoms with E-state index in [-0.39, 0.29) is 0 Å². The average Bonchev–Trinajstić information content (AvgIpc) is 2.79. The van der Waals surface area contributed by atoms with Gasteiger partial charge in [0.2, 0.25) is 0 Å². The quantitative estimate of drug-likeness (QED) is 0.382. The van der Waals surface area contributed by atoms with E-state index in [4.69, 9.17) is 0 Å². The van der Waals surface area contributed by atoms with Gasteiger partial charge in [0.25, 0.3) is 0 Å². The molecule has 1 N–H and O–H groups in total. The molecule has 2 unspecified atom stereocenters. The van der Waals surface area contributed by atoms with Gasteiger partial charge in [0.15, 0.2) is 0 Å². The third-order valence-electron chi connectivity index (χ3n) is 6.74. The van der Waals surface area contributed by atoms with Gasteiger partial charge in [-0.3, -0.25) is 0 Å². The van der Waals surface area contributed by atoms with E-state index in [1.807, 2.05) is 0 Å². The lowest BCUT2D eigenvalue weighted by molar-refractivity contribution is 0.281. The highest BCUT2D eigenvalue weighted by molar-refractivity contribution is 5.81. The van der Waals surface area contributed by atoms with Crippen molar-refractivity contribution in [2.45, 2.75) is 53.0 Å². The summed E-state index contributed by atoms with van der Waals surface area (Å²) in [7, 11) is 0. The van der Waals surface area contributed by atoms with Gasteiger partial charge in [0.1, 0.15) is 0 Å². The van der Waals surface area contributed by atoms with Crippen LogP contribution in [-0.2, 0) is 0 Å². The lowest BCUT2D eigenvalue weighted by atomic mass is 9.80. The van der Waals surface area contributed by atoms with Crippen LogP contribution in [0, 0.1) is 25.7 Å². The second-order valence-electron chi connectivity index (χ2n) is 10.1. The third-order valence-corrected chi connectivity index (χ3v) is 6.74. The highest BCUT2D eigenvalue weighted by atomic mass is 14.9. The van der Waals surface area contributed by atoms with Crippen LogP contribution < -0.4 is 5.32 Å². The molecule has 4 rings (SSSR count). The van der Waals surface area contributed by atoms with Gasteiger partial charge in [-0.15, -0.1) is 0 Å². The maximum Gasteiger partial charge on any atom is 0.0342 e. The van der Waals surface area contributed by atoms with E-state index in [1.54, 1.807) is 0 Å². The van der Waals surface area contributed by atoms with E-state index in [0.29, 0.717) is 6.04 Å². The van der Waals surface area contributed by atoms with Crippen LogP contribution in [0.3, 0.4) is 0 Å². The molecule has 0 saturated heterocycles. The molecule has 0 heterocycles. The fourth-order valence-electron chi connectivity index (χ4n) is 5.07. The number of rotatable bonds is 6. The second kappa shape index (κ2) is 10.7. The first-order chi connectivity index (χ1) is 16.0. The first kappa shape index (κ1) is 23.1. The number of hydrogen-bond donors (Lipinski definition) is 1. The zero-order valence-electron chi connectivity index (χ0n) is 20.5. The van der Waals surface area contributed by atoms with Gasteiger partial charge < -0.3 is 5.32 Å². The van der Waals surface area contributed by atoms with Crippen LogP contribution in [0.15, 0.2) is 84.9 Å². The summed E-state index contributed by atoms with van der Waals surface area (Å²) in [6, 6.07) is 27.0. The molecule has 1 aliphatic rings. The Labute approximate surface area is 200 Å². The van der Waals surface area contributed by atoms with Crippen molar-refractivity contribution >= 4 is 17.3 Å². The summed E-state index contributed by atoms with van der Waals surface area (Å²) in [4.78, 5) is 0. The van der Waals surface area contributed by atoms with Gasteiger partial charge in [-0.2, -0.15) is 0 Å². The zero-order valence-corrected chi connectivity index (χ0v) is 20.5. The number of nitrogens with one attached hydrogen (secondary N) is 1. The topological polar surface area (TPSA) is 12.0 Å². The summed E-state index contributed by atoms with van der Waals surface area (Å²) < 4.78 is 0. The molecule has 3 aromatic rings. The number of hydrogen-bond acceptors (Lipinski definition) is 1. The zero-order chi connectivity index (χ0) is 23.2. The monoisotopic (exact) mass is 435 g/mol. The molecule has 33 heavy (non-hydrogen) atoms. The molecule has 2 atom stereocenters. The Hall–Kier alpha value is -3.06. The van der Waals surface area contributed by atoms with Crippen LogP contribution in [0.4, 0.5) is 5.69 Å². The van der Waals surface area contributed by atoms with Gasteiger partial charge in [0, 0.05) is 11.7 Å². The lowest BCUT2D eigenvalue weighted by Gasteiger charge is -2.32. The predicted octanol–water partition coefficient (Wildman–Crippen LogP) is 8.69. The molecule has 1 fully saturated rings. The SMILES string of the molecule is Cc1ccc(C(=CC=Cc2ccc(NC3CC(C)CC(C)C3)cc2)c2ccc(C)cc2)cc1. The Kier molecular flexibility index (Phi) is 7.50. The van der Waals surface area contributed by atoms with Crippen LogP contribution in [0.2, 0.25) is 0 Å². The number of aryl methyl sites for hydroxylation is 2. The maximum absolute atomic E-state index is 3.76. The molecule has 1 nitrogen and oxygen atoms in total.